The van der Waals surface area contributed by atoms with Crippen molar-refractivity contribution in [3.8, 4) is 0 Å². The first-order valence-electron chi connectivity index (χ1n) is 6.66. The number of carbonyl (C=O) groups excluding carboxylic acids is 1. The molecule has 0 spiro atoms. The van der Waals surface area contributed by atoms with Crippen molar-refractivity contribution in [2.24, 2.45) is 5.73 Å². The first kappa shape index (κ1) is 12.1. The zero-order chi connectivity index (χ0) is 13.2. The van der Waals surface area contributed by atoms with Crippen molar-refractivity contribution in [1.82, 2.24) is 9.88 Å². The molecule has 1 aliphatic carbocycles. The number of fused-ring (bicyclic) bond motifs is 1. The van der Waals surface area contributed by atoms with E-state index in [9.17, 15) is 4.79 Å². The second kappa shape index (κ2) is 4.97. The molecule has 0 unspecified atom stereocenters. The molecule has 98 valence electrons. The molecule has 3 rings (SSSR count). The van der Waals surface area contributed by atoms with Gasteiger partial charge in [0.15, 0.2) is 0 Å². The topological polar surface area (TPSA) is 59.2 Å². The van der Waals surface area contributed by atoms with Crippen molar-refractivity contribution in [3.05, 3.63) is 42.2 Å². The van der Waals surface area contributed by atoms with E-state index in [1.807, 2.05) is 35.2 Å². The van der Waals surface area contributed by atoms with Gasteiger partial charge in [-0.05, 0) is 24.3 Å². The SMILES string of the molecule is NCCN(C(=O)c1nccc2ccccc12)C1CC1. The maximum Gasteiger partial charge on any atom is 0.273 e. The minimum Gasteiger partial charge on any atom is -0.333 e. The van der Waals surface area contributed by atoms with Gasteiger partial charge in [0.05, 0.1) is 0 Å². The zero-order valence-electron chi connectivity index (χ0n) is 10.7. The molecule has 1 aromatic carbocycles. The standard InChI is InChI=1S/C15H17N3O/c16-8-10-18(12-5-6-12)15(19)14-13-4-2-1-3-11(13)7-9-17-14/h1-4,7,9,12H,5-6,8,10,16H2. The number of hydrogen-bond donors (Lipinski definition) is 1. The molecule has 2 aromatic rings. The molecule has 1 aliphatic rings. The highest BCUT2D eigenvalue weighted by atomic mass is 16.2. The lowest BCUT2D eigenvalue weighted by atomic mass is 10.1. The third-order valence-corrected chi connectivity index (χ3v) is 3.49. The van der Waals surface area contributed by atoms with Gasteiger partial charge in [-0.15, -0.1) is 0 Å². The predicted octanol–water partition coefficient (Wildman–Crippen LogP) is 1.80. The number of rotatable bonds is 4. The van der Waals surface area contributed by atoms with Crippen LogP contribution in [0.15, 0.2) is 36.5 Å². The lowest BCUT2D eigenvalue weighted by Gasteiger charge is -2.21. The number of carbonyl (C=O) groups is 1. The third-order valence-electron chi connectivity index (χ3n) is 3.49. The molecule has 0 saturated heterocycles. The Bertz CT molecular complexity index is 602. The summed E-state index contributed by atoms with van der Waals surface area (Å²) < 4.78 is 0. The summed E-state index contributed by atoms with van der Waals surface area (Å²) in [5, 5.41) is 1.96. The van der Waals surface area contributed by atoms with E-state index < -0.39 is 0 Å². The summed E-state index contributed by atoms with van der Waals surface area (Å²) in [5.74, 6) is 0.00440. The Labute approximate surface area is 112 Å². The minimum absolute atomic E-state index is 0.00440. The lowest BCUT2D eigenvalue weighted by molar-refractivity contribution is 0.0744. The van der Waals surface area contributed by atoms with Crippen LogP contribution in [0.1, 0.15) is 23.3 Å². The molecule has 2 N–H and O–H groups in total. The fourth-order valence-corrected chi connectivity index (χ4v) is 2.40. The van der Waals surface area contributed by atoms with Crippen molar-refractivity contribution < 1.29 is 4.79 Å². The Balaban J connectivity index is 2.00. The molecule has 0 radical (unpaired) electrons. The molecule has 1 heterocycles. The van der Waals surface area contributed by atoms with Crippen molar-refractivity contribution in [2.45, 2.75) is 18.9 Å². The number of nitrogens with zero attached hydrogens (tertiary/aromatic N) is 2. The second-order valence-corrected chi connectivity index (χ2v) is 4.90. The van der Waals surface area contributed by atoms with Gasteiger partial charge >= 0.3 is 0 Å². The summed E-state index contributed by atoms with van der Waals surface area (Å²) in [7, 11) is 0. The maximum absolute atomic E-state index is 12.6. The monoisotopic (exact) mass is 255 g/mol. The Hall–Kier alpha value is -1.94. The Kier molecular flexibility index (Phi) is 3.17. The number of hydrogen-bond acceptors (Lipinski definition) is 3. The number of nitrogens with two attached hydrogens (primary N) is 1. The zero-order valence-corrected chi connectivity index (χ0v) is 10.7. The van der Waals surface area contributed by atoms with Gasteiger partial charge in [0.2, 0.25) is 0 Å². The maximum atomic E-state index is 12.6. The van der Waals surface area contributed by atoms with E-state index in [4.69, 9.17) is 5.73 Å². The Morgan fingerprint density at radius 1 is 1.32 bits per heavy atom. The van der Waals surface area contributed by atoms with Crippen molar-refractivity contribution >= 4 is 16.7 Å². The fraction of sp³-hybridized carbons (Fsp3) is 0.333. The number of aromatic nitrogens is 1. The molecule has 1 aromatic heterocycles. The minimum atomic E-state index is 0.00440. The van der Waals surface area contributed by atoms with E-state index in [0.29, 0.717) is 24.8 Å². The van der Waals surface area contributed by atoms with Crippen LogP contribution in [0, 0.1) is 0 Å². The summed E-state index contributed by atoms with van der Waals surface area (Å²) in [5.41, 5.74) is 6.15. The van der Waals surface area contributed by atoms with Crippen LogP contribution in [0.3, 0.4) is 0 Å². The van der Waals surface area contributed by atoms with Crippen LogP contribution in [-0.2, 0) is 0 Å². The molecule has 0 bridgehead atoms. The molecule has 1 amide bonds. The van der Waals surface area contributed by atoms with Gasteiger partial charge in [-0.3, -0.25) is 9.78 Å². The van der Waals surface area contributed by atoms with E-state index in [2.05, 4.69) is 4.98 Å². The lowest BCUT2D eigenvalue weighted by Crippen LogP contribution is -2.37. The smallest absolute Gasteiger partial charge is 0.273 e. The first-order chi connectivity index (χ1) is 9.31. The number of amides is 1. The molecule has 1 fully saturated rings. The second-order valence-electron chi connectivity index (χ2n) is 4.90. The normalized spacial score (nSPS) is 14.6. The summed E-state index contributed by atoms with van der Waals surface area (Å²) in [6.07, 6.45) is 3.86. The Morgan fingerprint density at radius 3 is 2.84 bits per heavy atom. The molecule has 19 heavy (non-hydrogen) atoms. The van der Waals surface area contributed by atoms with Crippen LogP contribution in [0.5, 0.6) is 0 Å². The summed E-state index contributed by atoms with van der Waals surface area (Å²) >= 11 is 0. The van der Waals surface area contributed by atoms with Gasteiger partial charge in [-0.1, -0.05) is 24.3 Å². The van der Waals surface area contributed by atoms with Crippen LogP contribution < -0.4 is 5.73 Å². The van der Waals surface area contributed by atoms with Crippen molar-refractivity contribution in [2.75, 3.05) is 13.1 Å². The van der Waals surface area contributed by atoms with E-state index in [1.165, 1.54) is 0 Å². The van der Waals surface area contributed by atoms with E-state index >= 15 is 0 Å². The third kappa shape index (κ3) is 2.31. The average molecular weight is 255 g/mol. The number of pyridine rings is 1. The fourth-order valence-electron chi connectivity index (χ4n) is 2.40. The van der Waals surface area contributed by atoms with Gasteiger partial charge in [-0.2, -0.15) is 0 Å². The molecular formula is C15H17N3O. The van der Waals surface area contributed by atoms with Gasteiger partial charge in [0.25, 0.3) is 5.91 Å². The van der Waals surface area contributed by atoms with E-state index in [0.717, 1.165) is 23.6 Å². The van der Waals surface area contributed by atoms with Crippen LogP contribution in [-0.4, -0.2) is 34.9 Å². The van der Waals surface area contributed by atoms with Gasteiger partial charge in [0, 0.05) is 30.7 Å². The largest absolute Gasteiger partial charge is 0.333 e. The highest BCUT2D eigenvalue weighted by Gasteiger charge is 2.33. The van der Waals surface area contributed by atoms with Crippen LogP contribution in [0.4, 0.5) is 0 Å². The van der Waals surface area contributed by atoms with Crippen LogP contribution in [0.2, 0.25) is 0 Å². The molecular weight excluding hydrogens is 238 g/mol. The van der Waals surface area contributed by atoms with E-state index in [-0.39, 0.29) is 5.91 Å². The van der Waals surface area contributed by atoms with Crippen molar-refractivity contribution in [3.63, 3.8) is 0 Å². The quantitative estimate of drug-likeness (QED) is 0.906. The van der Waals surface area contributed by atoms with Crippen LogP contribution >= 0.6 is 0 Å². The number of benzene rings is 1. The van der Waals surface area contributed by atoms with Gasteiger partial charge in [-0.25, -0.2) is 0 Å². The predicted molar refractivity (Wildman–Crippen MR) is 74.9 cm³/mol. The molecule has 0 aliphatic heterocycles. The molecule has 4 heteroatoms. The van der Waals surface area contributed by atoms with E-state index in [1.54, 1.807) is 6.20 Å². The molecule has 0 atom stereocenters. The summed E-state index contributed by atoms with van der Waals surface area (Å²) in [6.45, 7) is 1.10. The highest BCUT2D eigenvalue weighted by Crippen LogP contribution is 2.28. The van der Waals surface area contributed by atoms with Gasteiger partial charge in [0.1, 0.15) is 5.69 Å². The first-order valence-corrected chi connectivity index (χ1v) is 6.66. The Morgan fingerprint density at radius 2 is 2.11 bits per heavy atom. The average Bonchev–Trinajstić information content (AvgIpc) is 3.28. The molecule has 1 saturated carbocycles. The summed E-state index contributed by atoms with van der Waals surface area (Å²) in [4.78, 5) is 18.8. The van der Waals surface area contributed by atoms with Crippen LogP contribution in [0.25, 0.3) is 10.8 Å². The highest BCUT2D eigenvalue weighted by molar-refractivity contribution is 6.05. The van der Waals surface area contributed by atoms with Crippen molar-refractivity contribution in [1.29, 1.82) is 0 Å². The van der Waals surface area contributed by atoms with Gasteiger partial charge < -0.3 is 10.6 Å². The summed E-state index contributed by atoms with van der Waals surface area (Å²) in [6, 6.07) is 10.1. The molecule has 4 nitrogen and oxygen atoms in total.